The smallest absolute Gasteiger partial charge is 0.179 e. The molecule has 1 aliphatic rings. The largest absolute Gasteiger partial charge is 0.328 e. The monoisotopic (exact) mass is 279 g/mol. The number of nitrogens with zero attached hydrogens (tertiary/aromatic N) is 4. The Morgan fingerprint density at radius 2 is 2.00 bits per heavy atom. The van der Waals surface area contributed by atoms with Crippen molar-refractivity contribution in [3.05, 3.63) is 10.5 Å². The number of H-pyrrole nitrogens is 1. The van der Waals surface area contributed by atoms with E-state index in [9.17, 15) is 0 Å². The number of piperidine rings is 1. The van der Waals surface area contributed by atoms with Gasteiger partial charge in [-0.1, -0.05) is 6.92 Å². The van der Waals surface area contributed by atoms with Crippen molar-refractivity contribution >= 4 is 23.4 Å². The number of aryl methyl sites for hydroxylation is 2. The SMILES string of the molecule is CCc1nn(C)c2c1[nH]c(=S)n2C1CCN(C)CC1. The molecule has 1 aliphatic heterocycles. The van der Waals surface area contributed by atoms with Crippen molar-refractivity contribution in [2.75, 3.05) is 20.1 Å². The van der Waals surface area contributed by atoms with E-state index in [0.29, 0.717) is 6.04 Å². The molecule has 0 atom stereocenters. The van der Waals surface area contributed by atoms with Crippen molar-refractivity contribution in [2.45, 2.75) is 32.2 Å². The summed E-state index contributed by atoms with van der Waals surface area (Å²) in [5.41, 5.74) is 3.38. The summed E-state index contributed by atoms with van der Waals surface area (Å²) in [5, 5.41) is 4.59. The Balaban J connectivity index is 2.10. The Labute approximate surface area is 118 Å². The second kappa shape index (κ2) is 4.76. The van der Waals surface area contributed by atoms with Gasteiger partial charge in [-0.25, -0.2) is 0 Å². The van der Waals surface area contributed by atoms with Gasteiger partial charge in [0.05, 0.1) is 5.69 Å². The van der Waals surface area contributed by atoms with Crippen LogP contribution < -0.4 is 0 Å². The lowest BCUT2D eigenvalue weighted by molar-refractivity contribution is 0.222. The fourth-order valence-electron chi connectivity index (χ4n) is 3.08. The minimum atomic E-state index is 0.498. The maximum atomic E-state index is 5.54. The van der Waals surface area contributed by atoms with Crippen LogP contribution in [0.2, 0.25) is 0 Å². The van der Waals surface area contributed by atoms with E-state index in [4.69, 9.17) is 12.2 Å². The van der Waals surface area contributed by atoms with Gasteiger partial charge in [0, 0.05) is 13.1 Å². The molecule has 2 aromatic heterocycles. The van der Waals surface area contributed by atoms with Gasteiger partial charge in [-0.2, -0.15) is 5.10 Å². The van der Waals surface area contributed by atoms with Crippen LogP contribution in [0.3, 0.4) is 0 Å². The maximum Gasteiger partial charge on any atom is 0.179 e. The van der Waals surface area contributed by atoms with Crippen LogP contribution in [-0.2, 0) is 13.5 Å². The van der Waals surface area contributed by atoms with Crippen molar-refractivity contribution in [2.24, 2.45) is 7.05 Å². The van der Waals surface area contributed by atoms with E-state index in [1.54, 1.807) is 0 Å². The van der Waals surface area contributed by atoms with Crippen molar-refractivity contribution < 1.29 is 0 Å². The van der Waals surface area contributed by atoms with Gasteiger partial charge in [0.2, 0.25) is 0 Å². The van der Waals surface area contributed by atoms with Gasteiger partial charge in [0.25, 0.3) is 0 Å². The summed E-state index contributed by atoms with van der Waals surface area (Å²) in [5.74, 6) is 0. The number of hydrogen-bond donors (Lipinski definition) is 1. The molecule has 0 radical (unpaired) electrons. The number of hydrogen-bond acceptors (Lipinski definition) is 3. The minimum absolute atomic E-state index is 0.498. The van der Waals surface area contributed by atoms with Gasteiger partial charge in [-0.15, -0.1) is 0 Å². The van der Waals surface area contributed by atoms with Crippen LogP contribution in [0.5, 0.6) is 0 Å². The Morgan fingerprint density at radius 1 is 1.32 bits per heavy atom. The molecule has 2 aromatic rings. The summed E-state index contributed by atoms with van der Waals surface area (Å²) in [6.45, 7) is 4.40. The highest BCUT2D eigenvalue weighted by Gasteiger charge is 2.23. The Hall–Kier alpha value is -1.14. The number of aromatic nitrogens is 4. The third kappa shape index (κ3) is 2.03. The van der Waals surface area contributed by atoms with E-state index in [0.717, 1.165) is 54.0 Å². The molecule has 3 rings (SSSR count). The minimum Gasteiger partial charge on any atom is -0.328 e. The zero-order chi connectivity index (χ0) is 13.6. The number of fused-ring (bicyclic) bond motifs is 1. The van der Waals surface area contributed by atoms with Gasteiger partial charge in [-0.3, -0.25) is 9.25 Å². The summed E-state index contributed by atoms with van der Waals surface area (Å²) in [6.07, 6.45) is 3.24. The first-order chi connectivity index (χ1) is 9.11. The van der Waals surface area contributed by atoms with Crippen LogP contribution in [0.1, 0.15) is 31.5 Å². The van der Waals surface area contributed by atoms with Crippen molar-refractivity contribution in [3.8, 4) is 0 Å². The van der Waals surface area contributed by atoms with E-state index in [1.807, 2.05) is 11.7 Å². The molecule has 0 amide bonds. The Bertz CT molecular complexity index is 642. The maximum absolute atomic E-state index is 5.54. The molecule has 0 aliphatic carbocycles. The first kappa shape index (κ1) is 12.9. The lowest BCUT2D eigenvalue weighted by Crippen LogP contribution is -2.31. The number of imidazole rings is 1. The molecule has 1 N–H and O–H groups in total. The van der Waals surface area contributed by atoms with Crippen molar-refractivity contribution in [3.63, 3.8) is 0 Å². The molecular formula is C13H21N5S. The first-order valence-electron chi connectivity index (χ1n) is 6.96. The van der Waals surface area contributed by atoms with Crippen LogP contribution in [0.4, 0.5) is 0 Å². The summed E-state index contributed by atoms with van der Waals surface area (Å²) >= 11 is 5.54. The molecule has 1 saturated heterocycles. The predicted molar refractivity (Wildman–Crippen MR) is 79.0 cm³/mol. The highest BCUT2D eigenvalue weighted by Crippen LogP contribution is 2.28. The number of likely N-dealkylation sites (tertiary alicyclic amines) is 1. The molecule has 19 heavy (non-hydrogen) atoms. The van der Waals surface area contributed by atoms with Crippen LogP contribution in [0.25, 0.3) is 11.2 Å². The second-order valence-corrected chi connectivity index (χ2v) is 5.84. The third-order valence-corrected chi connectivity index (χ3v) is 4.46. The van der Waals surface area contributed by atoms with Crippen LogP contribution in [-0.4, -0.2) is 44.4 Å². The molecule has 0 aromatic carbocycles. The Kier molecular flexibility index (Phi) is 3.22. The fraction of sp³-hybridized carbons (Fsp3) is 0.692. The molecule has 1 fully saturated rings. The Morgan fingerprint density at radius 3 is 2.63 bits per heavy atom. The highest BCUT2D eigenvalue weighted by atomic mass is 32.1. The van der Waals surface area contributed by atoms with E-state index >= 15 is 0 Å². The normalized spacial score (nSPS) is 18.5. The van der Waals surface area contributed by atoms with Crippen LogP contribution in [0, 0.1) is 4.77 Å². The topological polar surface area (TPSA) is 41.8 Å². The molecule has 5 nitrogen and oxygen atoms in total. The predicted octanol–water partition coefficient (Wildman–Crippen LogP) is 2.26. The summed E-state index contributed by atoms with van der Waals surface area (Å²) in [4.78, 5) is 5.74. The van der Waals surface area contributed by atoms with E-state index in [1.165, 1.54) is 0 Å². The quantitative estimate of drug-likeness (QED) is 0.857. The zero-order valence-corrected chi connectivity index (χ0v) is 12.6. The van der Waals surface area contributed by atoms with Crippen molar-refractivity contribution in [1.29, 1.82) is 0 Å². The summed E-state index contributed by atoms with van der Waals surface area (Å²) in [6, 6.07) is 0.498. The highest BCUT2D eigenvalue weighted by molar-refractivity contribution is 7.71. The molecule has 0 saturated carbocycles. The van der Waals surface area contributed by atoms with Gasteiger partial charge in [-0.05, 0) is 51.6 Å². The number of aromatic amines is 1. The number of nitrogens with one attached hydrogen (secondary N) is 1. The first-order valence-corrected chi connectivity index (χ1v) is 7.37. The van der Waals surface area contributed by atoms with E-state index in [-0.39, 0.29) is 0 Å². The molecule has 0 spiro atoms. The number of rotatable bonds is 2. The second-order valence-electron chi connectivity index (χ2n) is 5.46. The molecule has 3 heterocycles. The van der Waals surface area contributed by atoms with E-state index in [2.05, 4.69) is 33.5 Å². The average molecular weight is 279 g/mol. The van der Waals surface area contributed by atoms with Crippen LogP contribution in [0.15, 0.2) is 0 Å². The third-order valence-electron chi connectivity index (χ3n) is 4.16. The molecule has 0 bridgehead atoms. The summed E-state index contributed by atoms with van der Waals surface area (Å²) < 4.78 is 5.09. The van der Waals surface area contributed by atoms with Gasteiger partial charge in [0.15, 0.2) is 10.4 Å². The molecule has 6 heteroatoms. The lowest BCUT2D eigenvalue weighted by Gasteiger charge is -2.30. The van der Waals surface area contributed by atoms with Gasteiger partial charge < -0.3 is 9.88 Å². The molecule has 0 unspecified atom stereocenters. The van der Waals surface area contributed by atoms with Gasteiger partial charge in [0.1, 0.15) is 5.52 Å². The molecular weight excluding hydrogens is 258 g/mol. The van der Waals surface area contributed by atoms with E-state index < -0.39 is 0 Å². The van der Waals surface area contributed by atoms with Crippen molar-refractivity contribution in [1.82, 2.24) is 24.2 Å². The summed E-state index contributed by atoms with van der Waals surface area (Å²) in [7, 11) is 4.19. The van der Waals surface area contributed by atoms with Crippen LogP contribution >= 0.6 is 12.2 Å². The van der Waals surface area contributed by atoms with Gasteiger partial charge >= 0.3 is 0 Å². The zero-order valence-electron chi connectivity index (χ0n) is 11.8. The molecule has 104 valence electrons. The standard InChI is InChI=1S/C13H21N5S/c1-4-10-11-12(17(3)15-10)18(13(19)14-11)9-5-7-16(2)8-6-9/h9H,4-8H2,1-3H3,(H,14,19). The average Bonchev–Trinajstić information content (AvgIpc) is 2.88. The lowest BCUT2D eigenvalue weighted by atomic mass is 10.1. The fourth-order valence-corrected chi connectivity index (χ4v) is 3.41.